The van der Waals surface area contributed by atoms with E-state index in [1.807, 2.05) is 36.4 Å². The lowest BCUT2D eigenvalue weighted by Crippen LogP contribution is -2.56. The van der Waals surface area contributed by atoms with Gasteiger partial charge in [0.25, 0.3) is 5.91 Å². The van der Waals surface area contributed by atoms with Crippen LogP contribution in [0.25, 0.3) is 0 Å². The highest BCUT2D eigenvalue weighted by atomic mass is 16.5. The summed E-state index contributed by atoms with van der Waals surface area (Å²) < 4.78 is 5.50. The molecule has 0 radical (unpaired) electrons. The molecule has 4 rings (SSSR count). The fourth-order valence-electron chi connectivity index (χ4n) is 4.66. The van der Waals surface area contributed by atoms with Crippen LogP contribution in [0.1, 0.15) is 34.5 Å². The number of anilines is 1. The SMILES string of the molecule is COc1ccc(C(=O)N2CCCC(C(=O)N(C)C)(c3ccccn3)C2)cc1NCc1ccncc1. The Bertz CT molecular complexity index is 1170. The molecule has 3 heterocycles. The molecule has 1 aliphatic heterocycles. The van der Waals surface area contributed by atoms with Crippen LogP contribution in [0.2, 0.25) is 0 Å². The molecule has 0 saturated carbocycles. The van der Waals surface area contributed by atoms with Crippen LogP contribution in [0.4, 0.5) is 5.69 Å². The predicted molar refractivity (Wildman–Crippen MR) is 134 cm³/mol. The third kappa shape index (κ3) is 5.11. The maximum Gasteiger partial charge on any atom is 0.253 e. The van der Waals surface area contributed by atoms with Crippen molar-refractivity contribution >= 4 is 17.5 Å². The van der Waals surface area contributed by atoms with E-state index in [-0.39, 0.29) is 18.4 Å². The van der Waals surface area contributed by atoms with E-state index in [0.29, 0.717) is 42.9 Å². The fourth-order valence-corrected chi connectivity index (χ4v) is 4.66. The molecular formula is C27H31N5O3. The van der Waals surface area contributed by atoms with Gasteiger partial charge in [0, 0.05) is 57.9 Å². The van der Waals surface area contributed by atoms with Crippen molar-refractivity contribution in [1.29, 1.82) is 0 Å². The van der Waals surface area contributed by atoms with Crippen LogP contribution in [-0.4, -0.2) is 65.9 Å². The van der Waals surface area contributed by atoms with E-state index in [2.05, 4.69) is 15.3 Å². The molecule has 3 aromatic rings. The van der Waals surface area contributed by atoms with Crippen LogP contribution in [0.15, 0.2) is 67.1 Å². The summed E-state index contributed by atoms with van der Waals surface area (Å²) in [6.45, 7) is 1.44. The number of rotatable bonds is 7. The Kier molecular flexibility index (Phi) is 7.29. The molecule has 182 valence electrons. The molecule has 1 atom stereocenters. The molecule has 8 nitrogen and oxygen atoms in total. The van der Waals surface area contributed by atoms with Crippen molar-refractivity contribution in [2.75, 3.05) is 39.6 Å². The average Bonchev–Trinajstić information content (AvgIpc) is 2.91. The zero-order valence-electron chi connectivity index (χ0n) is 20.4. The molecule has 0 aliphatic carbocycles. The second-order valence-corrected chi connectivity index (χ2v) is 8.95. The first-order valence-corrected chi connectivity index (χ1v) is 11.7. The number of hydrogen-bond acceptors (Lipinski definition) is 6. The number of piperidine rings is 1. The first-order valence-electron chi connectivity index (χ1n) is 11.7. The van der Waals surface area contributed by atoms with Crippen molar-refractivity contribution in [2.24, 2.45) is 0 Å². The topological polar surface area (TPSA) is 87.7 Å². The zero-order chi connectivity index (χ0) is 24.8. The maximum absolute atomic E-state index is 13.6. The minimum Gasteiger partial charge on any atom is -0.495 e. The number of carbonyl (C=O) groups excluding carboxylic acids is 2. The summed E-state index contributed by atoms with van der Waals surface area (Å²) in [5, 5.41) is 3.36. The number of nitrogens with zero attached hydrogens (tertiary/aromatic N) is 4. The molecule has 0 spiro atoms. The van der Waals surface area contributed by atoms with Gasteiger partial charge in [0.2, 0.25) is 5.91 Å². The number of benzene rings is 1. The number of nitrogens with one attached hydrogen (secondary N) is 1. The summed E-state index contributed by atoms with van der Waals surface area (Å²) in [5.41, 5.74) is 2.17. The number of pyridine rings is 2. The average molecular weight is 474 g/mol. The van der Waals surface area contributed by atoms with Crippen molar-refractivity contribution < 1.29 is 14.3 Å². The lowest BCUT2D eigenvalue weighted by atomic mass is 9.75. The quantitative estimate of drug-likeness (QED) is 0.566. The number of likely N-dealkylation sites (tertiary alicyclic amines) is 1. The van der Waals surface area contributed by atoms with Crippen LogP contribution in [-0.2, 0) is 16.8 Å². The molecule has 1 unspecified atom stereocenters. The molecule has 2 amide bonds. The Labute approximate surface area is 205 Å². The van der Waals surface area contributed by atoms with E-state index in [4.69, 9.17) is 4.74 Å². The van der Waals surface area contributed by atoms with Crippen molar-refractivity contribution in [2.45, 2.75) is 24.8 Å². The van der Waals surface area contributed by atoms with E-state index in [0.717, 1.165) is 11.3 Å². The van der Waals surface area contributed by atoms with Gasteiger partial charge in [-0.25, -0.2) is 0 Å². The number of methoxy groups -OCH3 is 1. The number of hydrogen-bond donors (Lipinski definition) is 1. The molecule has 1 fully saturated rings. The molecule has 8 heteroatoms. The Morgan fingerprint density at radius 2 is 1.91 bits per heavy atom. The van der Waals surface area contributed by atoms with Gasteiger partial charge >= 0.3 is 0 Å². The standard InChI is InChI=1S/C27H31N5O3/c1-31(2)26(34)27(24-7-4-5-13-29-24)12-6-16-32(19-27)25(33)21-8-9-23(35-3)22(17-21)30-18-20-10-14-28-15-11-20/h4-5,7-11,13-15,17,30H,6,12,16,18-19H2,1-3H3. The van der Waals surface area contributed by atoms with Crippen molar-refractivity contribution in [3.8, 4) is 5.75 Å². The van der Waals surface area contributed by atoms with E-state index in [9.17, 15) is 9.59 Å². The smallest absolute Gasteiger partial charge is 0.253 e. The molecule has 1 aromatic carbocycles. The van der Waals surface area contributed by atoms with Crippen LogP contribution in [0.3, 0.4) is 0 Å². The van der Waals surface area contributed by atoms with Crippen molar-refractivity contribution in [3.63, 3.8) is 0 Å². The molecule has 0 bridgehead atoms. The predicted octanol–water partition coefficient (Wildman–Crippen LogP) is 3.36. The first-order chi connectivity index (χ1) is 16.9. The van der Waals surface area contributed by atoms with Crippen LogP contribution in [0.5, 0.6) is 5.75 Å². The summed E-state index contributed by atoms with van der Waals surface area (Å²) in [4.78, 5) is 39.0. The molecule has 1 N–H and O–H groups in total. The summed E-state index contributed by atoms with van der Waals surface area (Å²) in [6, 6.07) is 14.8. The number of amides is 2. The highest BCUT2D eigenvalue weighted by Gasteiger charge is 2.47. The van der Waals surface area contributed by atoms with Gasteiger partial charge in [-0.1, -0.05) is 6.07 Å². The number of aromatic nitrogens is 2. The van der Waals surface area contributed by atoms with Gasteiger partial charge in [0.05, 0.1) is 18.5 Å². The number of carbonyl (C=O) groups is 2. The van der Waals surface area contributed by atoms with Gasteiger partial charge in [-0.3, -0.25) is 19.6 Å². The van der Waals surface area contributed by atoms with Crippen LogP contribution < -0.4 is 10.1 Å². The second-order valence-electron chi connectivity index (χ2n) is 8.95. The second kappa shape index (κ2) is 10.5. The molecule has 1 saturated heterocycles. The molecule has 1 aliphatic rings. The fraction of sp³-hybridized carbons (Fsp3) is 0.333. The summed E-state index contributed by atoms with van der Waals surface area (Å²) in [7, 11) is 5.10. The van der Waals surface area contributed by atoms with Gasteiger partial charge in [0.1, 0.15) is 11.2 Å². The normalized spacial score (nSPS) is 17.5. The van der Waals surface area contributed by atoms with E-state index < -0.39 is 5.41 Å². The van der Waals surface area contributed by atoms with Gasteiger partial charge in [-0.15, -0.1) is 0 Å². The monoisotopic (exact) mass is 473 g/mol. The Balaban J connectivity index is 1.60. The first kappa shape index (κ1) is 24.2. The molecule has 35 heavy (non-hydrogen) atoms. The third-order valence-corrected chi connectivity index (χ3v) is 6.43. The van der Waals surface area contributed by atoms with E-state index >= 15 is 0 Å². The highest BCUT2D eigenvalue weighted by Crippen LogP contribution is 2.36. The lowest BCUT2D eigenvalue weighted by molar-refractivity contribution is -0.136. The van der Waals surface area contributed by atoms with E-state index in [1.54, 1.807) is 61.7 Å². The largest absolute Gasteiger partial charge is 0.495 e. The minimum absolute atomic E-state index is 0.0388. The number of ether oxygens (including phenoxy) is 1. The Hall–Kier alpha value is -3.94. The van der Waals surface area contributed by atoms with Crippen molar-refractivity contribution in [3.05, 3.63) is 83.9 Å². The number of likely N-dealkylation sites (N-methyl/N-ethyl adjacent to an activating group) is 1. The van der Waals surface area contributed by atoms with Gasteiger partial charge in [-0.05, 0) is 60.9 Å². The van der Waals surface area contributed by atoms with Gasteiger partial charge in [0.15, 0.2) is 0 Å². The van der Waals surface area contributed by atoms with Crippen LogP contribution in [0, 0.1) is 0 Å². The lowest BCUT2D eigenvalue weighted by Gasteiger charge is -2.42. The Morgan fingerprint density at radius 1 is 1.11 bits per heavy atom. The molecule has 2 aromatic heterocycles. The van der Waals surface area contributed by atoms with Gasteiger partial charge < -0.3 is 19.9 Å². The summed E-state index contributed by atoms with van der Waals surface area (Å²) in [6.07, 6.45) is 6.54. The minimum atomic E-state index is -0.867. The Morgan fingerprint density at radius 3 is 2.60 bits per heavy atom. The van der Waals surface area contributed by atoms with Crippen LogP contribution >= 0.6 is 0 Å². The zero-order valence-corrected chi connectivity index (χ0v) is 20.4. The molecular weight excluding hydrogens is 442 g/mol. The maximum atomic E-state index is 13.6. The summed E-state index contributed by atoms with van der Waals surface area (Å²) in [5.74, 6) is 0.495. The third-order valence-electron chi connectivity index (χ3n) is 6.43. The summed E-state index contributed by atoms with van der Waals surface area (Å²) >= 11 is 0. The highest BCUT2D eigenvalue weighted by molar-refractivity contribution is 5.97. The van der Waals surface area contributed by atoms with E-state index in [1.165, 1.54) is 0 Å². The van der Waals surface area contributed by atoms with Crippen molar-refractivity contribution in [1.82, 2.24) is 19.8 Å². The van der Waals surface area contributed by atoms with Gasteiger partial charge in [-0.2, -0.15) is 0 Å².